The van der Waals surface area contributed by atoms with E-state index in [2.05, 4.69) is 58.8 Å². The third-order valence-electron chi connectivity index (χ3n) is 5.24. The lowest BCUT2D eigenvalue weighted by atomic mass is 10.0. The highest BCUT2D eigenvalue weighted by Crippen LogP contribution is 2.28. The van der Waals surface area contributed by atoms with E-state index in [1.165, 1.54) is 0 Å². The van der Waals surface area contributed by atoms with Gasteiger partial charge in [-0.3, -0.25) is 0 Å². The zero-order valence-corrected chi connectivity index (χ0v) is 17.5. The Balaban J connectivity index is 1.50. The molecule has 0 fully saturated rings. The van der Waals surface area contributed by atoms with Crippen LogP contribution in [0, 0.1) is 0 Å². The summed E-state index contributed by atoms with van der Waals surface area (Å²) in [4.78, 5) is 9.40. The maximum atomic E-state index is 6.38. The molecule has 5 rings (SSSR count). The maximum absolute atomic E-state index is 6.38. The third-order valence-corrected chi connectivity index (χ3v) is 5.44. The molecule has 1 aliphatic rings. The van der Waals surface area contributed by atoms with Gasteiger partial charge in [0.05, 0.1) is 0 Å². The van der Waals surface area contributed by atoms with Crippen molar-refractivity contribution in [1.82, 2.24) is 5.32 Å². The van der Waals surface area contributed by atoms with E-state index in [-0.39, 0.29) is 0 Å². The number of rotatable bonds is 4. The van der Waals surface area contributed by atoms with Gasteiger partial charge in [0.1, 0.15) is 5.84 Å². The molecule has 0 saturated heterocycles. The van der Waals surface area contributed by atoms with E-state index >= 15 is 0 Å². The fraction of sp³-hybridized carbons (Fsp3) is 0.0370. The Bertz CT molecular complexity index is 1260. The molecule has 0 spiro atoms. The average molecular weight is 422 g/mol. The highest BCUT2D eigenvalue weighted by molar-refractivity contribution is 6.66. The highest BCUT2D eigenvalue weighted by Gasteiger charge is 2.19. The van der Waals surface area contributed by atoms with E-state index in [1.807, 2.05) is 60.7 Å². The Morgan fingerprint density at radius 3 is 1.77 bits per heavy atom. The number of benzene rings is 4. The van der Waals surface area contributed by atoms with Crippen molar-refractivity contribution in [3.8, 4) is 22.3 Å². The van der Waals surface area contributed by atoms with Crippen molar-refractivity contribution >= 4 is 22.7 Å². The van der Waals surface area contributed by atoms with Crippen molar-refractivity contribution in [2.24, 2.45) is 9.98 Å². The third kappa shape index (κ3) is 4.27. The first kappa shape index (κ1) is 19.3. The van der Waals surface area contributed by atoms with Crippen LogP contribution in [0.5, 0.6) is 0 Å². The second-order valence-electron chi connectivity index (χ2n) is 7.33. The molecule has 4 aromatic carbocycles. The van der Waals surface area contributed by atoms with Gasteiger partial charge in [0.15, 0.2) is 11.5 Å². The lowest BCUT2D eigenvalue weighted by Gasteiger charge is -2.20. The van der Waals surface area contributed by atoms with Crippen LogP contribution >= 0.6 is 11.6 Å². The zero-order valence-electron chi connectivity index (χ0n) is 16.7. The summed E-state index contributed by atoms with van der Waals surface area (Å²) in [5.41, 5.74) is 6.55. The predicted octanol–water partition coefficient (Wildman–Crippen LogP) is 6.66. The molecule has 3 nitrogen and oxygen atoms in total. The van der Waals surface area contributed by atoms with Crippen LogP contribution in [0.3, 0.4) is 0 Å². The fourth-order valence-corrected chi connectivity index (χ4v) is 3.88. The molecule has 1 unspecified atom stereocenters. The number of nitrogens with zero attached hydrogens (tertiary/aromatic N) is 2. The summed E-state index contributed by atoms with van der Waals surface area (Å²) in [5, 5.41) is 3.46. The van der Waals surface area contributed by atoms with Crippen LogP contribution in [0.1, 0.15) is 17.3 Å². The number of amidine groups is 2. The molecule has 150 valence electrons. The Kier molecular flexibility index (Phi) is 5.34. The fourth-order valence-electron chi connectivity index (χ4n) is 3.70. The lowest BCUT2D eigenvalue weighted by molar-refractivity contribution is 0.760. The highest BCUT2D eigenvalue weighted by atomic mass is 35.5. The van der Waals surface area contributed by atoms with Crippen molar-refractivity contribution in [2.75, 3.05) is 0 Å². The molecule has 31 heavy (non-hydrogen) atoms. The molecule has 1 N–H and O–H groups in total. The van der Waals surface area contributed by atoms with Crippen LogP contribution in [-0.2, 0) is 0 Å². The quantitative estimate of drug-likeness (QED) is 0.367. The first-order valence-corrected chi connectivity index (χ1v) is 10.5. The van der Waals surface area contributed by atoms with Crippen LogP contribution in [0.4, 0.5) is 0 Å². The normalized spacial score (nSPS) is 15.6. The largest absolute Gasteiger partial charge is 0.315 e. The molecule has 0 amide bonds. The Morgan fingerprint density at radius 1 is 0.548 bits per heavy atom. The maximum Gasteiger partial charge on any atom is 0.199 e. The van der Waals surface area contributed by atoms with Gasteiger partial charge in [-0.05, 0) is 51.6 Å². The smallest absolute Gasteiger partial charge is 0.199 e. The minimum atomic E-state index is -0.396. The van der Waals surface area contributed by atoms with Crippen molar-refractivity contribution in [3.63, 3.8) is 0 Å². The standard InChI is InChI=1S/C27H20ClN3/c28-27-30-25(23-15-7-13-21(17-23)19-9-3-1-4-10-19)29-26(31-27)24-16-8-14-22(18-24)20-11-5-2-6-12-20/h1-18,25H,(H,29,30,31). The Hall–Kier alpha value is -3.69. The molecule has 4 heteroatoms. The van der Waals surface area contributed by atoms with E-state index in [0.29, 0.717) is 11.1 Å². The number of hydrogen-bond acceptors (Lipinski definition) is 3. The number of aliphatic imine (C=N–C) groups is 2. The van der Waals surface area contributed by atoms with Gasteiger partial charge in [0.2, 0.25) is 0 Å². The minimum absolute atomic E-state index is 0.338. The number of halogens is 1. The summed E-state index contributed by atoms with van der Waals surface area (Å²) in [6.45, 7) is 0. The number of nitrogens with one attached hydrogen (secondary N) is 1. The summed E-state index contributed by atoms with van der Waals surface area (Å²) in [7, 11) is 0. The van der Waals surface area contributed by atoms with Gasteiger partial charge < -0.3 is 5.32 Å². The van der Waals surface area contributed by atoms with Crippen molar-refractivity contribution in [1.29, 1.82) is 0 Å². The summed E-state index contributed by atoms with van der Waals surface area (Å²) < 4.78 is 0. The van der Waals surface area contributed by atoms with Gasteiger partial charge in [-0.15, -0.1) is 0 Å². The zero-order chi connectivity index (χ0) is 21.0. The van der Waals surface area contributed by atoms with E-state index in [9.17, 15) is 0 Å². The van der Waals surface area contributed by atoms with Crippen LogP contribution in [-0.4, -0.2) is 11.1 Å². The molecular weight excluding hydrogens is 402 g/mol. The molecule has 0 aromatic heterocycles. The van der Waals surface area contributed by atoms with Crippen molar-refractivity contribution < 1.29 is 0 Å². The van der Waals surface area contributed by atoms with Gasteiger partial charge in [0.25, 0.3) is 0 Å². The molecule has 0 aliphatic carbocycles. The molecule has 1 atom stereocenters. The molecule has 1 heterocycles. The molecule has 4 aromatic rings. The molecule has 0 saturated carbocycles. The van der Waals surface area contributed by atoms with Gasteiger partial charge in [-0.2, -0.15) is 0 Å². The average Bonchev–Trinajstić information content (AvgIpc) is 2.85. The summed E-state index contributed by atoms with van der Waals surface area (Å²) in [5.74, 6) is 0.716. The molecule has 1 aliphatic heterocycles. The lowest BCUT2D eigenvalue weighted by Crippen LogP contribution is -2.32. The molecular formula is C27H20ClN3. The number of hydrogen-bond donors (Lipinski definition) is 1. The summed E-state index contributed by atoms with van der Waals surface area (Å²) in [6.07, 6.45) is -0.396. The SMILES string of the molecule is ClC1=NC(c2cccc(-c3ccccc3)c2)N=C(c2cccc(-c3ccccc3)c2)N1. The first-order chi connectivity index (χ1) is 15.3. The monoisotopic (exact) mass is 421 g/mol. The topological polar surface area (TPSA) is 36.8 Å². The molecule has 0 bridgehead atoms. The second kappa shape index (κ2) is 8.58. The van der Waals surface area contributed by atoms with Crippen molar-refractivity contribution in [3.05, 3.63) is 120 Å². The van der Waals surface area contributed by atoms with E-state index in [1.54, 1.807) is 0 Å². The summed E-state index contributed by atoms with van der Waals surface area (Å²) in [6, 6.07) is 37.2. The van der Waals surface area contributed by atoms with E-state index < -0.39 is 6.17 Å². The van der Waals surface area contributed by atoms with Gasteiger partial charge >= 0.3 is 0 Å². The van der Waals surface area contributed by atoms with Gasteiger partial charge in [0, 0.05) is 5.56 Å². The van der Waals surface area contributed by atoms with Gasteiger partial charge in [-0.1, -0.05) is 97.1 Å². The predicted molar refractivity (Wildman–Crippen MR) is 129 cm³/mol. The minimum Gasteiger partial charge on any atom is -0.315 e. The van der Waals surface area contributed by atoms with E-state index in [4.69, 9.17) is 16.6 Å². The van der Waals surface area contributed by atoms with Gasteiger partial charge in [-0.25, -0.2) is 9.98 Å². The molecule has 0 radical (unpaired) electrons. The van der Waals surface area contributed by atoms with Crippen LogP contribution in [0.25, 0.3) is 22.3 Å². The summed E-state index contributed by atoms with van der Waals surface area (Å²) >= 11 is 6.38. The van der Waals surface area contributed by atoms with Crippen LogP contribution in [0.15, 0.2) is 119 Å². The first-order valence-electron chi connectivity index (χ1n) is 10.2. The van der Waals surface area contributed by atoms with Crippen LogP contribution in [0.2, 0.25) is 0 Å². The Morgan fingerprint density at radius 2 is 1.10 bits per heavy atom. The Labute approximate surface area is 186 Å². The van der Waals surface area contributed by atoms with E-state index in [0.717, 1.165) is 33.4 Å². The van der Waals surface area contributed by atoms with Crippen LogP contribution < -0.4 is 5.32 Å². The second-order valence-corrected chi connectivity index (χ2v) is 7.69. The van der Waals surface area contributed by atoms with Crippen molar-refractivity contribution in [2.45, 2.75) is 6.17 Å².